The van der Waals surface area contributed by atoms with Crippen molar-refractivity contribution < 1.29 is 23.8 Å². The van der Waals surface area contributed by atoms with Crippen LogP contribution in [0.4, 0.5) is 0 Å². The summed E-state index contributed by atoms with van der Waals surface area (Å²) in [5.41, 5.74) is 5.08. The van der Waals surface area contributed by atoms with E-state index < -0.39 is 5.97 Å². The molecule has 1 aliphatic carbocycles. The molecule has 2 N–H and O–H groups in total. The van der Waals surface area contributed by atoms with Crippen LogP contribution in [0.3, 0.4) is 0 Å². The number of hydrogen-bond acceptors (Lipinski definition) is 5. The van der Waals surface area contributed by atoms with E-state index in [2.05, 4.69) is 10.3 Å². The number of aromatic nitrogens is 1. The summed E-state index contributed by atoms with van der Waals surface area (Å²) in [6.07, 6.45) is 5.05. The Hall–Kier alpha value is -3.48. The number of benzene rings is 2. The van der Waals surface area contributed by atoms with Gasteiger partial charge in [0, 0.05) is 23.1 Å². The smallest absolute Gasteiger partial charge is 0.338 e. The molecule has 3 aromatic rings. The van der Waals surface area contributed by atoms with E-state index in [1.54, 1.807) is 20.3 Å². The molecule has 0 saturated carbocycles. The fourth-order valence-corrected chi connectivity index (χ4v) is 4.18. The fraction of sp³-hybridized carbons (Fsp3) is 0.360. The molecule has 0 spiro atoms. The zero-order chi connectivity index (χ0) is 22.5. The van der Waals surface area contributed by atoms with Gasteiger partial charge < -0.3 is 24.5 Å². The number of H-pyrrole nitrogens is 1. The van der Waals surface area contributed by atoms with Crippen LogP contribution in [0, 0.1) is 0 Å². The number of carbonyl (C=O) groups is 2. The first-order valence-corrected chi connectivity index (χ1v) is 10.9. The van der Waals surface area contributed by atoms with E-state index in [1.165, 1.54) is 17.7 Å². The minimum Gasteiger partial charge on any atom is -0.493 e. The number of aryl methyl sites for hydroxylation is 2. The predicted molar refractivity (Wildman–Crippen MR) is 121 cm³/mol. The molecule has 0 radical (unpaired) electrons. The third-order valence-corrected chi connectivity index (χ3v) is 5.85. The Bertz CT molecular complexity index is 1130. The lowest BCUT2D eigenvalue weighted by molar-refractivity contribution is -0.124. The molecule has 0 unspecified atom stereocenters. The lowest BCUT2D eigenvalue weighted by atomic mass is 9.95. The average molecular weight is 437 g/mol. The van der Waals surface area contributed by atoms with E-state index in [0.29, 0.717) is 30.0 Å². The second-order valence-corrected chi connectivity index (χ2v) is 7.91. The highest BCUT2D eigenvalue weighted by Crippen LogP contribution is 2.30. The molecule has 1 amide bonds. The topological polar surface area (TPSA) is 89.6 Å². The van der Waals surface area contributed by atoms with Crippen LogP contribution in [-0.2, 0) is 28.8 Å². The van der Waals surface area contributed by atoms with Crippen molar-refractivity contribution in [1.82, 2.24) is 10.3 Å². The average Bonchev–Trinajstić information content (AvgIpc) is 3.20. The van der Waals surface area contributed by atoms with Gasteiger partial charge in [-0.1, -0.05) is 6.07 Å². The van der Waals surface area contributed by atoms with Crippen molar-refractivity contribution in [3.8, 4) is 11.5 Å². The highest BCUT2D eigenvalue weighted by atomic mass is 16.5. The van der Waals surface area contributed by atoms with E-state index in [9.17, 15) is 9.59 Å². The third kappa shape index (κ3) is 4.72. The highest BCUT2D eigenvalue weighted by molar-refractivity contribution is 5.97. The zero-order valence-corrected chi connectivity index (χ0v) is 18.5. The molecular formula is C25H28N2O5. The second-order valence-electron chi connectivity index (χ2n) is 7.91. The van der Waals surface area contributed by atoms with Gasteiger partial charge in [0.25, 0.3) is 5.91 Å². The molecule has 0 aliphatic heterocycles. The van der Waals surface area contributed by atoms with Crippen molar-refractivity contribution in [1.29, 1.82) is 0 Å². The minimum atomic E-state index is -0.493. The molecule has 1 aliphatic rings. The molecule has 1 aromatic heterocycles. The van der Waals surface area contributed by atoms with Gasteiger partial charge in [-0.2, -0.15) is 0 Å². The van der Waals surface area contributed by atoms with Crippen LogP contribution in [0.25, 0.3) is 10.9 Å². The summed E-state index contributed by atoms with van der Waals surface area (Å²) in [5.74, 6) is 0.475. The number of nitrogens with one attached hydrogen (secondary N) is 2. The number of fused-ring (bicyclic) bond motifs is 3. The van der Waals surface area contributed by atoms with Crippen molar-refractivity contribution in [3.63, 3.8) is 0 Å². The lowest BCUT2D eigenvalue weighted by Crippen LogP contribution is -2.30. The molecule has 0 atom stereocenters. The summed E-state index contributed by atoms with van der Waals surface area (Å²) in [7, 11) is 3.17. The second kappa shape index (κ2) is 9.77. The van der Waals surface area contributed by atoms with Gasteiger partial charge in [-0.3, -0.25) is 4.79 Å². The van der Waals surface area contributed by atoms with E-state index in [4.69, 9.17) is 14.2 Å². The minimum absolute atomic E-state index is 0.311. The Morgan fingerprint density at radius 3 is 2.62 bits per heavy atom. The molecule has 0 saturated heterocycles. The Morgan fingerprint density at radius 1 is 1.00 bits per heavy atom. The molecule has 168 valence electrons. The quantitative estimate of drug-likeness (QED) is 0.527. The summed E-state index contributed by atoms with van der Waals surface area (Å²) < 4.78 is 15.7. The molecular weight excluding hydrogens is 408 g/mol. The first kappa shape index (κ1) is 21.7. The molecule has 2 aromatic carbocycles. The fourth-order valence-electron chi connectivity index (χ4n) is 4.18. The van der Waals surface area contributed by atoms with Gasteiger partial charge >= 0.3 is 5.97 Å². The Kier molecular flexibility index (Phi) is 6.63. The SMILES string of the molecule is COc1ccc(CCNC(=O)COC(=O)c2ccc3[nH]c4c(c3c2)CCCC4)cc1OC. The van der Waals surface area contributed by atoms with Crippen LogP contribution in [0.1, 0.15) is 40.0 Å². The summed E-state index contributed by atoms with van der Waals surface area (Å²) >= 11 is 0. The van der Waals surface area contributed by atoms with E-state index in [-0.39, 0.29) is 12.5 Å². The van der Waals surface area contributed by atoms with Crippen LogP contribution in [0.15, 0.2) is 36.4 Å². The van der Waals surface area contributed by atoms with Crippen LogP contribution in [0.5, 0.6) is 11.5 Å². The molecule has 7 nitrogen and oxygen atoms in total. The van der Waals surface area contributed by atoms with Crippen LogP contribution < -0.4 is 14.8 Å². The first-order valence-electron chi connectivity index (χ1n) is 10.9. The maximum atomic E-state index is 12.5. The van der Waals surface area contributed by atoms with Crippen molar-refractivity contribution in [3.05, 3.63) is 58.8 Å². The standard InChI is InChI=1S/C25H28N2O5/c1-30-22-10-7-16(13-23(22)31-2)11-12-26-24(28)15-32-25(29)17-8-9-21-19(14-17)18-5-3-4-6-20(18)27-21/h7-10,13-14,27H,3-6,11-12,15H2,1-2H3,(H,26,28). The number of ether oxygens (including phenoxy) is 3. The van der Waals surface area contributed by atoms with Crippen molar-refractivity contribution in [2.75, 3.05) is 27.4 Å². The number of methoxy groups -OCH3 is 2. The van der Waals surface area contributed by atoms with Gasteiger partial charge in [0.2, 0.25) is 0 Å². The van der Waals surface area contributed by atoms with Gasteiger partial charge in [0.05, 0.1) is 19.8 Å². The van der Waals surface area contributed by atoms with Gasteiger partial charge in [-0.05, 0) is 73.6 Å². The number of aromatic amines is 1. The summed E-state index contributed by atoms with van der Waals surface area (Å²) in [5, 5.41) is 3.85. The largest absolute Gasteiger partial charge is 0.493 e. The van der Waals surface area contributed by atoms with E-state index >= 15 is 0 Å². The number of hydrogen-bond donors (Lipinski definition) is 2. The van der Waals surface area contributed by atoms with E-state index in [1.807, 2.05) is 30.3 Å². The molecule has 32 heavy (non-hydrogen) atoms. The third-order valence-electron chi connectivity index (χ3n) is 5.85. The first-order chi connectivity index (χ1) is 15.6. The monoisotopic (exact) mass is 436 g/mol. The molecule has 1 heterocycles. The zero-order valence-electron chi connectivity index (χ0n) is 18.5. The lowest BCUT2D eigenvalue weighted by Gasteiger charge is -2.11. The normalized spacial score (nSPS) is 12.8. The summed E-state index contributed by atoms with van der Waals surface area (Å²) in [6.45, 7) is 0.112. The Morgan fingerprint density at radius 2 is 1.81 bits per heavy atom. The van der Waals surface area contributed by atoms with Crippen LogP contribution in [-0.4, -0.2) is 44.2 Å². The molecule has 0 fully saturated rings. The Labute approximate surface area is 187 Å². The molecule has 0 bridgehead atoms. The van der Waals surface area contributed by atoms with Gasteiger partial charge in [0.1, 0.15) is 0 Å². The predicted octanol–water partition coefficient (Wildman–Crippen LogP) is 3.58. The maximum Gasteiger partial charge on any atom is 0.338 e. The van der Waals surface area contributed by atoms with Gasteiger partial charge in [-0.25, -0.2) is 4.79 Å². The summed E-state index contributed by atoms with van der Waals surface area (Å²) in [4.78, 5) is 28.0. The number of carbonyl (C=O) groups excluding carboxylic acids is 2. The summed E-state index contributed by atoms with van der Waals surface area (Å²) in [6, 6.07) is 11.1. The highest BCUT2D eigenvalue weighted by Gasteiger charge is 2.17. The van der Waals surface area contributed by atoms with Crippen molar-refractivity contribution in [2.24, 2.45) is 0 Å². The number of esters is 1. The maximum absolute atomic E-state index is 12.5. The van der Waals surface area contributed by atoms with E-state index in [0.717, 1.165) is 35.7 Å². The van der Waals surface area contributed by atoms with Crippen molar-refractivity contribution >= 4 is 22.8 Å². The van der Waals surface area contributed by atoms with Gasteiger partial charge in [0.15, 0.2) is 18.1 Å². The van der Waals surface area contributed by atoms with Crippen LogP contribution in [0.2, 0.25) is 0 Å². The molecule has 7 heteroatoms. The number of amides is 1. The number of rotatable bonds is 8. The molecule has 4 rings (SSSR count). The van der Waals surface area contributed by atoms with Gasteiger partial charge in [-0.15, -0.1) is 0 Å². The Balaban J connectivity index is 1.28. The van der Waals surface area contributed by atoms with Crippen LogP contribution >= 0.6 is 0 Å². The van der Waals surface area contributed by atoms with Crippen molar-refractivity contribution in [2.45, 2.75) is 32.1 Å².